The van der Waals surface area contributed by atoms with Crippen molar-refractivity contribution in [1.29, 1.82) is 0 Å². The minimum atomic E-state index is -0.305. The molecule has 33 heavy (non-hydrogen) atoms. The monoisotopic (exact) mass is 440 g/mol. The predicted molar refractivity (Wildman–Crippen MR) is 127 cm³/mol. The average molecular weight is 441 g/mol. The minimum absolute atomic E-state index is 0.305. The van der Waals surface area contributed by atoms with Crippen molar-refractivity contribution in [3.63, 3.8) is 0 Å². The summed E-state index contributed by atoms with van der Waals surface area (Å²) in [7, 11) is 0. The van der Waals surface area contributed by atoms with Crippen molar-refractivity contribution in [3.05, 3.63) is 72.7 Å². The van der Waals surface area contributed by atoms with E-state index in [0.717, 1.165) is 48.4 Å². The number of hydrogen-bond donors (Lipinski definition) is 2. The number of amides is 1. The molecule has 0 radical (unpaired) electrons. The predicted octanol–water partition coefficient (Wildman–Crippen LogP) is 3.69. The van der Waals surface area contributed by atoms with E-state index in [1.165, 1.54) is 12.5 Å². The summed E-state index contributed by atoms with van der Waals surface area (Å²) < 4.78 is 1.79. The summed E-state index contributed by atoms with van der Waals surface area (Å²) in [5.41, 5.74) is 3.34. The summed E-state index contributed by atoms with van der Waals surface area (Å²) >= 11 is 0. The molecule has 4 heterocycles. The number of benzene rings is 1. The molecule has 1 aliphatic heterocycles. The Morgan fingerprint density at radius 3 is 2.70 bits per heavy atom. The number of pyridine rings is 1. The van der Waals surface area contributed by atoms with Crippen molar-refractivity contribution < 1.29 is 4.79 Å². The van der Waals surface area contributed by atoms with E-state index < -0.39 is 0 Å². The van der Waals surface area contributed by atoms with Crippen LogP contribution in [-0.2, 0) is 4.79 Å². The number of carbonyl (C=O) groups is 1. The molecule has 0 saturated carbocycles. The molecule has 0 atom stereocenters. The quantitative estimate of drug-likeness (QED) is 0.443. The molecule has 9 nitrogen and oxygen atoms in total. The maximum absolute atomic E-state index is 12.6. The Balaban J connectivity index is 1.34. The van der Waals surface area contributed by atoms with Gasteiger partial charge in [0.1, 0.15) is 5.69 Å². The highest BCUT2D eigenvalue weighted by molar-refractivity contribution is 6.01. The largest absolute Gasteiger partial charge is 0.340 e. The molecule has 0 bridgehead atoms. The smallest absolute Gasteiger partial charge is 0.250 e. The van der Waals surface area contributed by atoms with Crippen molar-refractivity contribution in [2.45, 2.75) is 19.3 Å². The topological polar surface area (TPSA) is 105 Å². The Hall–Kier alpha value is -4.27. The normalized spacial score (nSPS) is 14.0. The number of aromatic nitrogens is 6. The van der Waals surface area contributed by atoms with Gasteiger partial charge in [-0.2, -0.15) is 10.1 Å². The second-order valence-electron chi connectivity index (χ2n) is 7.81. The number of anilines is 2. The van der Waals surface area contributed by atoms with E-state index >= 15 is 0 Å². The number of para-hydroxylation sites is 1. The molecule has 1 saturated heterocycles. The van der Waals surface area contributed by atoms with Gasteiger partial charge in [-0.25, -0.2) is 9.78 Å². The molecule has 0 aliphatic carbocycles. The summed E-state index contributed by atoms with van der Waals surface area (Å²) in [6.07, 6.45) is 12.1. The number of rotatable bonds is 6. The standard InChI is InChI=1S/C24H24N8O/c33-21(26-23-27-24(29-28-23)31-14-5-2-6-15-31)12-11-19-17-32(20-9-3-1-4-10-20)30-22(19)18-8-7-13-25-16-18/h1,3-4,7-13,16-17H,2,5-6,14-15H2,(H2,26,27,28,29,33)/b12-11+. The van der Waals surface area contributed by atoms with Crippen molar-refractivity contribution in [1.82, 2.24) is 29.9 Å². The number of nitrogens with zero attached hydrogens (tertiary/aromatic N) is 6. The van der Waals surface area contributed by atoms with E-state index in [1.54, 1.807) is 23.2 Å². The highest BCUT2D eigenvalue weighted by atomic mass is 16.1. The minimum Gasteiger partial charge on any atom is -0.340 e. The van der Waals surface area contributed by atoms with Crippen LogP contribution in [0, 0.1) is 0 Å². The summed E-state index contributed by atoms with van der Waals surface area (Å²) in [5, 5.41) is 14.5. The van der Waals surface area contributed by atoms with Gasteiger partial charge < -0.3 is 4.90 Å². The SMILES string of the molecule is O=C(/C=C/c1cn(-c2ccccc2)nc1-c1cccnc1)Nc1nc(N2CCCCC2)n[nH]1. The van der Waals surface area contributed by atoms with Gasteiger partial charge in [0, 0.05) is 48.9 Å². The molecule has 0 unspecified atom stereocenters. The van der Waals surface area contributed by atoms with Crippen LogP contribution in [0.3, 0.4) is 0 Å². The zero-order valence-electron chi connectivity index (χ0n) is 18.1. The van der Waals surface area contributed by atoms with Crippen LogP contribution in [-0.4, -0.2) is 48.9 Å². The summed E-state index contributed by atoms with van der Waals surface area (Å²) in [6.45, 7) is 1.88. The van der Waals surface area contributed by atoms with Gasteiger partial charge in [-0.15, -0.1) is 5.10 Å². The van der Waals surface area contributed by atoms with Gasteiger partial charge >= 0.3 is 0 Å². The molecule has 0 spiro atoms. The van der Waals surface area contributed by atoms with E-state index in [9.17, 15) is 4.79 Å². The number of piperidine rings is 1. The van der Waals surface area contributed by atoms with E-state index in [1.807, 2.05) is 48.7 Å². The number of nitrogens with one attached hydrogen (secondary N) is 2. The van der Waals surface area contributed by atoms with Gasteiger partial charge in [0.05, 0.1) is 5.69 Å². The van der Waals surface area contributed by atoms with Gasteiger partial charge in [0.2, 0.25) is 11.9 Å². The van der Waals surface area contributed by atoms with Crippen LogP contribution in [0.5, 0.6) is 0 Å². The van der Waals surface area contributed by atoms with E-state index in [4.69, 9.17) is 5.10 Å². The highest BCUT2D eigenvalue weighted by Crippen LogP contribution is 2.24. The first kappa shape index (κ1) is 20.6. The Morgan fingerprint density at radius 1 is 1.06 bits per heavy atom. The maximum atomic E-state index is 12.6. The van der Waals surface area contributed by atoms with Crippen molar-refractivity contribution in [2.75, 3.05) is 23.3 Å². The second-order valence-corrected chi connectivity index (χ2v) is 7.81. The van der Waals surface area contributed by atoms with Crippen LogP contribution in [0.25, 0.3) is 23.0 Å². The van der Waals surface area contributed by atoms with Crippen molar-refractivity contribution in [2.24, 2.45) is 0 Å². The molecule has 166 valence electrons. The maximum Gasteiger partial charge on any atom is 0.250 e. The van der Waals surface area contributed by atoms with E-state index in [2.05, 4.69) is 30.4 Å². The van der Waals surface area contributed by atoms with Crippen molar-refractivity contribution >= 4 is 23.9 Å². The molecule has 3 aromatic heterocycles. The third kappa shape index (κ3) is 4.82. The summed E-state index contributed by atoms with van der Waals surface area (Å²) in [4.78, 5) is 23.3. The zero-order valence-corrected chi connectivity index (χ0v) is 18.1. The third-order valence-electron chi connectivity index (χ3n) is 5.47. The third-order valence-corrected chi connectivity index (χ3v) is 5.47. The number of H-pyrrole nitrogens is 1. The molecular formula is C24H24N8O. The van der Waals surface area contributed by atoms with Crippen LogP contribution in [0.1, 0.15) is 24.8 Å². The van der Waals surface area contributed by atoms with Crippen LogP contribution in [0.15, 0.2) is 67.1 Å². The molecule has 4 aromatic rings. The molecule has 1 aliphatic rings. The van der Waals surface area contributed by atoms with Crippen LogP contribution in [0.2, 0.25) is 0 Å². The number of aromatic amines is 1. The Morgan fingerprint density at radius 2 is 1.91 bits per heavy atom. The molecule has 1 amide bonds. The number of hydrogen-bond acceptors (Lipinski definition) is 6. The first-order chi connectivity index (χ1) is 16.3. The van der Waals surface area contributed by atoms with Crippen LogP contribution in [0.4, 0.5) is 11.9 Å². The van der Waals surface area contributed by atoms with Gasteiger partial charge in [-0.1, -0.05) is 18.2 Å². The highest BCUT2D eigenvalue weighted by Gasteiger charge is 2.16. The van der Waals surface area contributed by atoms with Gasteiger partial charge in [-0.3, -0.25) is 15.1 Å². The fourth-order valence-corrected chi connectivity index (χ4v) is 3.82. The molecule has 1 fully saturated rings. The molecule has 9 heteroatoms. The fourth-order valence-electron chi connectivity index (χ4n) is 3.82. The molecular weight excluding hydrogens is 416 g/mol. The Bertz CT molecular complexity index is 1240. The lowest BCUT2D eigenvalue weighted by Gasteiger charge is -2.24. The second kappa shape index (κ2) is 9.47. The van der Waals surface area contributed by atoms with Gasteiger partial charge in [-0.05, 0) is 49.6 Å². The van der Waals surface area contributed by atoms with E-state index in [-0.39, 0.29) is 5.91 Å². The fraction of sp³-hybridized carbons (Fsp3) is 0.208. The lowest BCUT2D eigenvalue weighted by Crippen LogP contribution is -2.30. The molecule has 5 rings (SSSR count). The average Bonchev–Trinajstić information content (AvgIpc) is 3.52. The van der Waals surface area contributed by atoms with Crippen LogP contribution < -0.4 is 10.2 Å². The first-order valence-electron chi connectivity index (χ1n) is 11.0. The Labute approximate surface area is 191 Å². The molecule has 1 aromatic carbocycles. The van der Waals surface area contributed by atoms with Gasteiger partial charge in [0.15, 0.2) is 0 Å². The number of carbonyl (C=O) groups excluding carboxylic acids is 1. The first-order valence-corrected chi connectivity index (χ1v) is 11.0. The van der Waals surface area contributed by atoms with Crippen LogP contribution >= 0.6 is 0 Å². The zero-order chi connectivity index (χ0) is 22.5. The van der Waals surface area contributed by atoms with Gasteiger partial charge in [0.25, 0.3) is 5.91 Å². The summed E-state index contributed by atoms with van der Waals surface area (Å²) in [6, 6.07) is 13.6. The van der Waals surface area contributed by atoms with E-state index in [0.29, 0.717) is 11.9 Å². The summed E-state index contributed by atoms with van der Waals surface area (Å²) in [5.74, 6) is 0.649. The lowest BCUT2D eigenvalue weighted by atomic mass is 10.1. The molecule has 2 N–H and O–H groups in total. The Kier molecular flexibility index (Phi) is 5.92. The lowest BCUT2D eigenvalue weighted by molar-refractivity contribution is -0.111. The van der Waals surface area contributed by atoms with Crippen molar-refractivity contribution in [3.8, 4) is 16.9 Å².